The molecule has 0 aliphatic heterocycles. The second kappa shape index (κ2) is 15.1. The number of non-ortho nitro benzene ring substituents is 1. The molecular formula is C29H25N9O17S4. The lowest BCUT2D eigenvalue weighted by Crippen LogP contribution is -2.12. The van der Waals surface area contributed by atoms with E-state index in [1.54, 1.807) is 20.8 Å². The Morgan fingerprint density at radius 1 is 0.593 bits per heavy atom. The van der Waals surface area contributed by atoms with Crippen LogP contribution in [0.1, 0.15) is 26.5 Å². The number of hydrogen-bond donors (Lipinski definition) is 8. The van der Waals surface area contributed by atoms with Crippen LogP contribution in [0.25, 0.3) is 10.8 Å². The van der Waals surface area contributed by atoms with Crippen molar-refractivity contribution in [1.82, 2.24) is 10.2 Å². The third-order valence-electron chi connectivity index (χ3n) is 7.74. The maximum atomic E-state index is 12.5. The van der Waals surface area contributed by atoms with Crippen LogP contribution in [0.4, 0.5) is 39.8 Å². The number of aromatic nitrogens is 2. The van der Waals surface area contributed by atoms with Crippen molar-refractivity contribution < 1.29 is 67.0 Å². The summed E-state index contributed by atoms with van der Waals surface area (Å²) in [6.07, 6.45) is 0. The minimum absolute atomic E-state index is 0.162. The first-order valence-electron chi connectivity index (χ1n) is 15.4. The summed E-state index contributed by atoms with van der Waals surface area (Å²) < 4.78 is 138. The lowest BCUT2D eigenvalue weighted by molar-refractivity contribution is -0.385. The van der Waals surface area contributed by atoms with E-state index in [4.69, 9.17) is 0 Å². The number of rotatable bonds is 11. The van der Waals surface area contributed by atoms with Gasteiger partial charge in [-0.15, -0.1) is 25.6 Å². The van der Waals surface area contributed by atoms with E-state index in [1.807, 2.05) is 0 Å². The monoisotopic (exact) mass is 899 g/mol. The van der Waals surface area contributed by atoms with Crippen molar-refractivity contribution in [1.29, 1.82) is 0 Å². The summed E-state index contributed by atoms with van der Waals surface area (Å²) in [5.74, 6) is -2.89. The number of hydrogen-bond acceptors (Lipinski definition) is 19. The van der Waals surface area contributed by atoms with E-state index in [9.17, 15) is 77.0 Å². The number of nitro benzene ring substituents is 1. The molecule has 0 unspecified atom stereocenters. The first-order valence-corrected chi connectivity index (χ1v) is 21.2. The van der Waals surface area contributed by atoms with Crippen LogP contribution in [0, 0.1) is 10.1 Å². The van der Waals surface area contributed by atoms with E-state index in [2.05, 4.69) is 40.9 Å². The van der Waals surface area contributed by atoms with Crippen LogP contribution < -0.4 is 5.56 Å². The summed E-state index contributed by atoms with van der Waals surface area (Å²) in [7, 11) is -21.5. The van der Waals surface area contributed by atoms with Crippen molar-refractivity contribution in [2.75, 3.05) is 0 Å². The third kappa shape index (κ3) is 9.18. The van der Waals surface area contributed by atoms with Gasteiger partial charge in [-0.2, -0.15) is 38.8 Å². The molecule has 1 aromatic heterocycles. The number of fused-ring (bicyclic) bond motifs is 1. The molecule has 0 amide bonds. The van der Waals surface area contributed by atoms with Gasteiger partial charge in [-0.3, -0.25) is 43.3 Å². The number of azo groups is 3. The summed E-state index contributed by atoms with van der Waals surface area (Å²) in [5.41, 5.74) is -6.44. The van der Waals surface area contributed by atoms with Gasteiger partial charge in [0.2, 0.25) is 0 Å². The smallest absolute Gasteiger partial charge is 0.297 e. The fraction of sp³-hybridized carbons (Fsp3) is 0.138. The maximum absolute atomic E-state index is 12.5. The zero-order chi connectivity index (χ0) is 44.2. The topological polar surface area (TPSA) is 424 Å². The Kier molecular flexibility index (Phi) is 11.2. The predicted molar refractivity (Wildman–Crippen MR) is 199 cm³/mol. The SMILES string of the molecule is CC(C)(C)c1[nH][nH]c(=O)c1N=Nc1ccc(N=Nc2c(S(=O)(=O)O)cc3cc(S(=O)(=O)O)c(N=Nc4ccc([N+](=O)[O-])cc4S(=O)(=O)O)c(O)c3c2O)c(S(=O)(=O)O)c1. The molecule has 0 bridgehead atoms. The van der Waals surface area contributed by atoms with Crippen LogP contribution in [0.5, 0.6) is 11.5 Å². The van der Waals surface area contributed by atoms with Gasteiger partial charge in [0.25, 0.3) is 51.7 Å². The number of nitro groups is 1. The molecule has 4 aromatic carbocycles. The van der Waals surface area contributed by atoms with Crippen molar-refractivity contribution in [3.05, 3.63) is 74.7 Å². The van der Waals surface area contributed by atoms with Crippen LogP contribution in [0.15, 0.2) is 104 Å². The summed E-state index contributed by atoms with van der Waals surface area (Å²) in [6, 6.07) is 5.17. The predicted octanol–water partition coefficient (Wildman–Crippen LogP) is 5.71. The Morgan fingerprint density at radius 3 is 1.47 bits per heavy atom. The summed E-state index contributed by atoms with van der Waals surface area (Å²) in [5, 5.41) is 58.4. The minimum Gasteiger partial charge on any atom is -0.505 e. The van der Waals surface area contributed by atoms with Gasteiger partial charge in [-0.25, -0.2) is 0 Å². The molecule has 0 spiro atoms. The van der Waals surface area contributed by atoms with Gasteiger partial charge >= 0.3 is 0 Å². The number of benzene rings is 4. The van der Waals surface area contributed by atoms with Crippen LogP contribution in [-0.4, -0.2) is 77.2 Å². The van der Waals surface area contributed by atoms with E-state index < -0.39 is 127 Å². The lowest BCUT2D eigenvalue weighted by Gasteiger charge is -2.15. The summed E-state index contributed by atoms with van der Waals surface area (Å²) in [6.45, 7) is 5.25. The van der Waals surface area contributed by atoms with Crippen LogP contribution in [0.2, 0.25) is 0 Å². The highest BCUT2D eigenvalue weighted by molar-refractivity contribution is 7.86. The number of H-pyrrole nitrogens is 2. The Hall–Kier alpha value is -6.41. The first-order chi connectivity index (χ1) is 27.0. The van der Waals surface area contributed by atoms with Crippen LogP contribution in [0.3, 0.4) is 0 Å². The molecule has 5 aromatic rings. The van der Waals surface area contributed by atoms with Crippen molar-refractivity contribution in [2.45, 2.75) is 45.8 Å². The number of nitrogens with zero attached hydrogens (tertiary/aromatic N) is 7. The number of aromatic amines is 2. The second-order valence-electron chi connectivity index (χ2n) is 12.9. The molecule has 5 rings (SSSR count). The maximum Gasteiger partial charge on any atom is 0.297 e. The molecule has 0 radical (unpaired) electrons. The fourth-order valence-corrected chi connectivity index (χ4v) is 7.71. The lowest BCUT2D eigenvalue weighted by atomic mass is 9.91. The zero-order valence-electron chi connectivity index (χ0n) is 29.6. The minimum atomic E-state index is -5.50. The number of phenols is 2. The molecular weight excluding hydrogens is 875 g/mol. The molecule has 0 aliphatic rings. The van der Waals surface area contributed by atoms with Gasteiger partial charge in [0.1, 0.15) is 42.3 Å². The molecule has 0 fully saturated rings. The van der Waals surface area contributed by atoms with E-state index in [-0.39, 0.29) is 11.4 Å². The summed E-state index contributed by atoms with van der Waals surface area (Å²) >= 11 is 0. The zero-order valence-corrected chi connectivity index (χ0v) is 32.8. The highest BCUT2D eigenvalue weighted by Crippen LogP contribution is 2.50. The Morgan fingerprint density at radius 2 is 1.03 bits per heavy atom. The molecule has 30 heteroatoms. The molecule has 0 saturated heterocycles. The molecule has 59 heavy (non-hydrogen) atoms. The number of nitrogens with one attached hydrogen (secondary N) is 2. The van der Waals surface area contributed by atoms with Gasteiger partial charge in [0.15, 0.2) is 17.2 Å². The van der Waals surface area contributed by atoms with E-state index in [0.29, 0.717) is 42.1 Å². The molecule has 0 atom stereocenters. The van der Waals surface area contributed by atoms with Crippen LogP contribution in [-0.2, 0) is 45.9 Å². The van der Waals surface area contributed by atoms with Crippen molar-refractivity contribution in [3.8, 4) is 11.5 Å². The molecule has 0 saturated carbocycles. The van der Waals surface area contributed by atoms with Crippen LogP contribution >= 0.6 is 0 Å². The second-order valence-corrected chi connectivity index (χ2v) is 18.4. The standard InChI is InChI=1S/C29H25N9O17S4/c1-29(2,3)27-24(28(41)37-36-27)35-30-13-4-6-15(17(10-13)56(44,45)46)31-33-22-19(58(50,51)52)8-12-9-20(59(53,54)55)23(26(40)21(12)25(22)39)34-32-16-7-5-14(38(42)43)11-18(16)57(47,48)49/h4-11,39-40H,1-3H3,(H2,36,37,41)(H,44,45,46)(H,47,48,49)(H,50,51,52)(H,53,54,55). The molecule has 0 aliphatic carbocycles. The Bertz CT molecular complexity index is 3220. The quantitative estimate of drug-likeness (QED) is 0.0340. The Labute approximate surface area is 329 Å². The Balaban J connectivity index is 1.71. The van der Waals surface area contributed by atoms with Gasteiger partial charge in [0, 0.05) is 17.5 Å². The van der Waals surface area contributed by atoms with Gasteiger partial charge in [0.05, 0.1) is 21.7 Å². The number of phenolic OH excluding ortho intramolecular Hbond substituents is 2. The molecule has 26 nitrogen and oxygen atoms in total. The first kappa shape index (κ1) is 43.7. The van der Waals surface area contributed by atoms with Crippen molar-refractivity contribution in [2.24, 2.45) is 30.7 Å². The van der Waals surface area contributed by atoms with E-state index in [1.165, 1.54) is 0 Å². The normalized spacial score (nSPS) is 13.3. The highest BCUT2D eigenvalue weighted by atomic mass is 32.2. The highest BCUT2D eigenvalue weighted by Gasteiger charge is 2.30. The molecule has 8 N–H and O–H groups in total. The number of aromatic hydroxyl groups is 2. The van der Waals surface area contributed by atoms with Crippen molar-refractivity contribution in [3.63, 3.8) is 0 Å². The average molecular weight is 900 g/mol. The van der Waals surface area contributed by atoms with Crippen molar-refractivity contribution >= 4 is 91.1 Å². The van der Waals surface area contributed by atoms with Gasteiger partial charge in [-0.1, -0.05) is 20.8 Å². The summed E-state index contributed by atoms with van der Waals surface area (Å²) in [4.78, 5) is 17.4. The average Bonchev–Trinajstić information content (AvgIpc) is 3.48. The largest absolute Gasteiger partial charge is 0.505 e. The van der Waals surface area contributed by atoms with E-state index >= 15 is 0 Å². The molecule has 1 heterocycles. The van der Waals surface area contributed by atoms with Gasteiger partial charge < -0.3 is 10.2 Å². The third-order valence-corrected chi connectivity index (χ3v) is 11.2. The van der Waals surface area contributed by atoms with Gasteiger partial charge in [-0.05, 0) is 41.8 Å². The molecule has 312 valence electrons. The van der Waals surface area contributed by atoms with E-state index in [0.717, 1.165) is 12.1 Å². The fourth-order valence-electron chi connectivity index (χ4n) is 5.11.